The molecule has 0 unspecified atom stereocenters. The van der Waals surface area contributed by atoms with E-state index in [2.05, 4.69) is 10.00 Å². The maximum atomic E-state index is 13.3. The van der Waals surface area contributed by atoms with Gasteiger partial charge in [-0.2, -0.15) is 0 Å². The molecule has 1 aliphatic carbocycles. The lowest BCUT2D eigenvalue weighted by Crippen LogP contribution is -2.42. The van der Waals surface area contributed by atoms with Crippen LogP contribution in [-0.4, -0.2) is 63.1 Å². The second-order valence-corrected chi connectivity index (χ2v) is 12.2. The van der Waals surface area contributed by atoms with Crippen LogP contribution >= 0.6 is 0 Å². The molecule has 31 heavy (non-hydrogen) atoms. The fraction of sp³-hybridized carbons (Fsp3) is 0.727. The van der Waals surface area contributed by atoms with E-state index in [1.807, 2.05) is 6.07 Å². The van der Waals surface area contributed by atoms with Gasteiger partial charge in [-0.25, -0.2) is 22.2 Å². The van der Waals surface area contributed by atoms with E-state index in [1.54, 1.807) is 22.7 Å². The van der Waals surface area contributed by atoms with E-state index < -0.39 is 15.3 Å². The van der Waals surface area contributed by atoms with Crippen LogP contribution in [0, 0.1) is 0 Å². The Bertz CT molecular complexity index is 1130. The number of nitrogens with one attached hydrogen (secondary N) is 1. The molecule has 1 atom stereocenters. The normalized spacial score (nSPS) is 24.3. The van der Waals surface area contributed by atoms with Crippen molar-refractivity contribution >= 4 is 15.7 Å². The first-order valence-electron chi connectivity index (χ1n) is 11.7. The quantitative estimate of drug-likeness (QED) is 0.776. The van der Waals surface area contributed by atoms with E-state index in [-0.39, 0.29) is 11.5 Å². The number of hydrogen-bond donors (Lipinski definition) is 1. The standard InChI is InChI=1S/C22H33N5O3S/c1-15(2)31(29,30)26-10-5-6-16(13-26)20-12-21-23-19-9-11-25(17-7-3-4-8-17)14-18(19)22(28)27(21)24-20/h12,15-17,24H,3-11,13-14H2,1-2H3/t16-/m0/s1. The molecule has 170 valence electrons. The van der Waals surface area contributed by atoms with Gasteiger partial charge in [-0.3, -0.25) is 14.8 Å². The Morgan fingerprint density at radius 3 is 2.65 bits per heavy atom. The first-order valence-corrected chi connectivity index (χ1v) is 13.2. The van der Waals surface area contributed by atoms with Gasteiger partial charge in [0.2, 0.25) is 10.0 Å². The van der Waals surface area contributed by atoms with E-state index in [1.165, 1.54) is 25.7 Å². The van der Waals surface area contributed by atoms with Crippen LogP contribution in [0.3, 0.4) is 0 Å². The van der Waals surface area contributed by atoms with E-state index in [0.717, 1.165) is 42.8 Å². The SMILES string of the molecule is CC(C)S(=O)(=O)N1CCC[C@H](c2cc3nc4c(c(=O)n3[nH]2)CN(C2CCCC2)CC4)C1. The van der Waals surface area contributed by atoms with Crippen molar-refractivity contribution in [1.82, 2.24) is 23.8 Å². The highest BCUT2D eigenvalue weighted by Crippen LogP contribution is 2.30. The molecule has 0 aromatic carbocycles. The Balaban J connectivity index is 1.43. The lowest BCUT2D eigenvalue weighted by molar-refractivity contribution is 0.178. The zero-order chi connectivity index (χ0) is 21.8. The van der Waals surface area contributed by atoms with Crippen molar-refractivity contribution < 1.29 is 8.42 Å². The van der Waals surface area contributed by atoms with Crippen LogP contribution < -0.4 is 5.56 Å². The number of H-pyrrole nitrogens is 1. The molecule has 2 aromatic heterocycles. The summed E-state index contributed by atoms with van der Waals surface area (Å²) in [6.07, 6.45) is 7.58. The lowest BCUT2D eigenvalue weighted by Gasteiger charge is -2.32. The molecular weight excluding hydrogens is 414 g/mol. The van der Waals surface area contributed by atoms with Gasteiger partial charge in [-0.05, 0) is 39.5 Å². The molecule has 4 heterocycles. The van der Waals surface area contributed by atoms with E-state index in [4.69, 9.17) is 4.98 Å². The predicted octanol–water partition coefficient (Wildman–Crippen LogP) is 2.24. The number of rotatable bonds is 4. The average Bonchev–Trinajstić information content (AvgIpc) is 3.44. The monoisotopic (exact) mass is 447 g/mol. The maximum absolute atomic E-state index is 13.3. The molecule has 0 spiro atoms. The molecule has 0 bridgehead atoms. The van der Waals surface area contributed by atoms with Crippen molar-refractivity contribution in [1.29, 1.82) is 0 Å². The second kappa shape index (κ2) is 8.01. The third-order valence-corrected chi connectivity index (χ3v) is 9.67. The molecule has 2 fully saturated rings. The largest absolute Gasteiger partial charge is 0.295 e. The van der Waals surface area contributed by atoms with Crippen LogP contribution in [0.4, 0.5) is 0 Å². The molecule has 0 amide bonds. The van der Waals surface area contributed by atoms with Gasteiger partial charge in [-0.15, -0.1) is 0 Å². The number of aromatic amines is 1. The summed E-state index contributed by atoms with van der Waals surface area (Å²) in [7, 11) is -3.28. The predicted molar refractivity (Wildman–Crippen MR) is 120 cm³/mol. The third-order valence-electron chi connectivity index (χ3n) is 7.43. The van der Waals surface area contributed by atoms with Gasteiger partial charge in [0.1, 0.15) is 0 Å². The highest BCUT2D eigenvalue weighted by Gasteiger charge is 2.33. The van der Waals surface area contributed by atoms with Crippen LogP contribution in [0.15, 0.2) is 10.9 Å². The van der Waals surface area contributed by atoms with Crippen LogP contribution in [0.25, 0.3) is 5.65 Å². The number of fused-ring (bicyclic) bond motifs is 2. The van der Waals surface area contributed by atoms with Crippen molar-refractivity contribution in [3.63, 3.8) is 0 Å². The summed E-state index contributed by atoms with van der Waals surface area (Å²) < 4.78 is 28.5. The Labute approximate surface area is 183 Å². The van der Waals surface area contributed by atoms with Crippen molar-refractivity contribution in [2.75, 3.05) is 19.6 Å². The zero-order valence-corrected chi connectivity index (χ0v) is 19.3. The van der Waals surface area contributed by atoms with Crippen LogP contribution in [0.1, 0.15) is 75.2 Å². The maximum Gasteiger partial charge on any atom is 0.277 e. The summed E-state index contributed by atoms with van der Waals surface area (Å²) in [4.78, 5) is 20.6. The highest BCUT2D eigenvalue weighted by molar-refractivity contribution is 7.89. The third kappa shape index (κ3) is 3.74. The number of aromatic nitrogens is 3. The lowest BCUT2D eigenvalue weighted by atomic mass is 9.96. The molecule has 0 radical (unpaired) electrons. The van der Waals surface area contributed by atoms with Gasteiger partial charge in [0, 0.05) is 56.3 Å². The van der Waals surface area contributed by atoms with Crippen molar-refractivity contribution in [3.05, 3.63) is 33.4 Å². The summed E-state index contributed by atoms with van der Waals surface area (Å²) in [5.41, 5.74) is 3.30. The topological polar surface area (TPSA) is 90.8 Å². The molecule has 1 saturated carbocycles. The van der Waals surface area contributed by atoms with Gasteiger partial charge in [0.25, 0.3) is 5.56 Å². The van der Waals surface area contributed by atoms with Crippen LogP contribution in [-0.2, 0) is 23.0 Å². The number of nitrogens with zero attached hydrogens (tertiary/aromatic N) is 4. The van der Waals surface area contributed by atoms with Gasteiger partial charge in [0.05, 0.1) is 16.5 Å². The van der Waals surface area contributed by atoms with Gasteiger partial charge in [0.15, 0.2) is 5.65 Å². The van der Waals surface area contributed by atoms with Gasteiger partial charge >= 0.3 is 0 Å². The molecule has 9 heteroatoms. The van der Waals surface area contributed by atoms with Crippen LogP contribution in [0.2, 0.25) is 0 Å². The average molecular weight is 448 g/mol. The molecule has 2 aromatic rings. The molecule has 8 nitrogen and oxygen atoms in total. The first kappa shape index (κ1) is 21.2. The van der Waals surface area contributed by atoms with Crippen molar-refractivity contribution in [2.24, 2.45) is 0 Å². The minimum absolute atomic E-state index is 0.00332. The number of sulfonamides is 1. The first-order chi connectivity index (χ1) is 14.8. The molecule has 1 N–H and O–H groups in total. The Kier molecular flexibility index (Phi) is 5.46. The fourth-order valence-corrected chi connectivity index (χ4v) is 6.90. The van der Waals surface area contributed by atoms with Crippen molar-refractivity contribution in [3.8, 4) is 0 Å². The minimum atomic E-state index is -3.28. The molecular formula is C22H33N5O3S. The smallest absolute Gasteiger partial charge is 0.277 e. The van der Waals surface area contributed by atoms with Gasteiger partial charge in [-0.1, -0.05) is 12.8 Å². The molecule has 2 aliphatic heterocycles. The Morgan fingerprint density at radius 1 is 1.13 bits per heavy atom. The summed E-state index contributed by atoms with van der Waals surface area (Å²) in [6.45, 7) is 6.14. The minimum Gasteiger partial charge on any atom is -0.295 e. The summed E-state index contributed by atoms with van der Waals surface area (Å²) in [5.74, 6) is 0.0513. The molecule has 5 rings (SSSR count). The summed E-state index contributed by atoms with van der Waals surface area (Å²) in [5, 5.41) is 2.85. The second-order valence-electron chi connectivity index (χ2n) is 9.70. The fourth-order valence-electron chi connectivity index (χ4n) is 5.54. The molecule has 3 aliphatic rings. The van der Waals surface area contributed by atoms with Crippen molar-refractivity contribution in [2.45, 2.75) is 82.5 Å². The number of hydrogen-bond acceptors (Lipinski definition) is 5. The summed E-state index contributed by atoms with van der Waals surface area (Å²) >= 11 is 0. The van der Waals surface area contributed by atoms with E-state index in [0.29, 0.717) is 31.3 Å². The van der Waals surface area contributed by atoms with E-state index in [9.17, 15) is 13.2 Å². The van der Waals surface area contributed by atoms with E-state index >= 15 is 0 Å². The van der Waals surface area contributed by atoms with Gasteiger partial charge < -0.3 is 0 Å². The Hall–Kier alpha value is -1.71. The number of piperidine rings is 1. The molecule has 1 saturated heterocycles. The zero-order valence-electron chi connectivity index (χ0n) is 18.5. The van der Waals surface area contributed by atoms with Crippen LogP contribution in [0.5, 0.6) is 0 Å². The Morgan fingerprint density at radius 2 is 1.90 bits per heavy atom. The summed E-state index contributed by atoms with van der Waals surface area (Å²) in [6, 6.07) is 2.55. The highest BCUT2D eigenvalue weighted by atomic mass is 32.2.